The lowest BCUT2D eigenvalue weighted by molar-refractivity contribution is -0.122. The predicted octanol–water partition coefficient (Wildman–Crippen LogP) is 4.69. The Bertz CT molecular complexity index is 1180. The highest BCUT2D eigenvalue weighted by Crippen LogP contribution is 2.47. The molecule has 1 aliphatic rings. The number of rotatable bonds is 2. The number of halogens is 1. The first kappa shape index (κ1) is 20.5. The first-order valence-corrected chi connectivity index (χ1v) is 10.5. The molecule has 0 unspecified atom stereocenters. The van der Waals surface area contributed by atoms with E-state index in [4.69, 9.17) is 4.74 Å². The number of nitrogens with zero attached hydrogens (tertiary/aromatic N) is 2. The molecule has 1 N–H and O–H groups in total. The fourth-order valence-electron chi connectivity index (χ4n) is 4.12. The fourth-order valence-corrected chi connectivity index (χ4v) is 4.48. The largest absolute Gasteiger partial charge is 0.444 e. The number of para-hydroxylation sites is 1. The molecule has 156 valence electrons. The normalized spacial score (nSPS) is 18.6. The number of aromatic nitrogens is 1. The number of fused-ring (bicyclic) bond motifs is 2. The second-order valence-electron chi connectivity index (χ2n) is 8.57. The van der Waals surface area contributed by atoms with Crippen LogP contribution in [0.4, 0.5) is 10.5 Å². The molecule has 0 aliphatic carbocycles. The van der Waals surface area contributed by atoms with E-state index in [0.29, 0.717) is 11.1 Å². The molecular formula is C23H24BrN3O3. The summed E-state index contributed by atoms with van der Waals surface area (Å²) >= 11 is 3.52. The number of carbonyl (C=O) groups is 2. The topological polar surface area (TPSA) is 63.6 Å². The van der Waals surface area contributed by atoms with Crippen molar-refractivity contribution in [2.45, 2.75) is 31.9 Å². The molecule has 0 saturated carbocycles. The summed E-state index contributed by atoms with van der Waals surface area (Å²) in [5.74, 6) is -0.238. The van der Waals surface area contributed by atoms with Crippen LogP contribution in [0.2, 0.25) is 0 Å². The van der Waals surface area contributed by atoms with E-state index in [2.05, 4.69) is 21.2 Å². The van der Waals surface area contributed by atoms with E-state index in [1.54, 1.807) is 32.7 Å². The van der Waals surface area contributed by atoms with E-state index in [1.807, 2.05) is 60.3 Å². The quantitative estimate of drug-likeness (QED) is 0.592. The second-order valence-corrected chi connectivity index (χ2v) is 9.49. The zero-order valence-corrected chi connectivity index (χ0v) is 19.2. The lowest BCUT2D eigenvalue weighted by Crippen LogP contribution is -2.54. The maximum Gasteiger partial charge on any atom is 0.409 e. The maximum atomic E-state index is 13.8. The predicted molar refractivity (Wildman–Crippen MR) is 121 cm³/mol. The van der Waals surface area contributed by atoms with Gasteiger partial charge in [-0.05, 0) is 45.0 Å². The van der Waals surface area contributed by atoms with Gasteiger partial charge in [0.1, 0.15) is 5.60 Å². The fraction of sp³-hybridized carbons (Fsp3) is 0.304. The molecule has 0 saturated heterocycles. The number of ether oxygens (including phenoxy) is 1. The highest BCUT2D eigenvalue weighted by Gasteiger charge is 2.54. The number of hydrogen-bond donors (Lipinski definition) is 1. The van der Waals surface area contributed by atoms with Crippen molar-refractivity contribution in [3.05, 3.63) is 64.3 Å². The number of amides is 2. The molecule has 6 nitrogen and oxygen atoms in total. The number of alkyl carbamates (subject to hydrolysis) is 1. The Morgan fingerprint density at radius 2 is 1.80 bits per heavy atom. The summed E-state index contributed by atoms with van der Waals surface area (Å²) < 4.78 is 8.34. The molecule has 0 fully saturated rings. The molecule has 1 aliphatic heterocycles. The number of benzene rings is 2. The van der Waals surface area contributed by atoms with Crippen LogP contribution in [0, 0.1) is 0 Å². The standard InChI is InChI=1S/C23H24BrN3O3/c1-22(2,3)30-21(29)25-23(17-13-26(4)18-9-7-6-8-15(17)18)16-12-14(24)10-11-19(16)27(5)20(23)28/h6-13H,1-5H3,(H,25,29)/t23-/m1/s1. The third-order valence-corrected chi connectivity index (χ3v) is 5.83. The number of likely N-dealkylation sites (N-methyl/N-ethyl adjacent to an activating group) is 1. The highest BCUT2D eigenvalue weighted by molar-refractivity contribution is 9.10. The molecular weight excluding hydrogens is 446 g/mol. The average Bonchev–Trinajstić information content (AvgIpc) is 3.09. The van der Waals surface area contributed by atoms with Crippen LogP contribution in [0.3, 0.4) is 0 Å². The summed E-state index contributed by atoms with van der Waals surface area (Å²) in [6.07, 6.45) is 1.26. The summed E-state index contributed by atoms with van der Waals surface area (Å²) in [6.45, 7) is 5.39. The van der Waals surface area contributed by atoms with Gasteiger partial charge in [-0.2, -0.15) is 0 Å². The van der Waals surface area contributed by atoms with Crippen molar-refractivity contribution < 1.29 is 14.3 Å². The van der Waals surface area contributed by atoms with Crippen molar-refractivity contribution in [1.82, 2.24) is 9.88 Å². The third-order valence-electron chi connectivity index (χ3n) is 5.34. The maximum absolute atomic E-state index is 13.8. The first-order valence-electron chi connectivity index (χ1n) is 9.68. The van der Waals surface area contributed by atoms with Crippen LogP contribution < -0.4 is 10.2 Å². The number of aryl methyl sites for hydroxylation is 1. The number of hydrogen-bond acceptors (Lipinski definition) is 3. The molecule has 4 rings (SSSR count). The summed E-state index contributed by atoms with van der Waals surface area (Å²) in [5.41, 5.74) is 1.02. The summed E-state index contributed by atoms with van der Waals surface area (Å²) in [4.78, 5) is 28.3. The van der Waals surface area contributed by atoms with Gasteiger partial charge in [-0.1, -0.05) is 34.1 Å². The smallest absolute Gasteiger partial charge is 0.409 e. The van der Waals surface area contributed by atoms with Crippen LogP contribution in [-0.4, -0.2) is 29.2 Å². The lowest BCUT2D eigenvalue weighted by Gasteiger charge is -2.31. The van der Waals surface area contributed by atoms with Crippen LogP contribution in [0.1, 0.15) is 31.9 Å². The molecule has 0 radical (unpaired) electrons. The zero-order valence-electron chi connectivity index (χ0n) is 17.6. The Kier molecular flexibility index (Phi) is 4.69. The number of nitrogens with one attached hydrogen (secondary N) is 1. The molecule has 30 heavy (non-hydrogen) atoms. The van der Waals surface area contributed by atoms with Gasteiger partial charge in [0, 0.05) is 52.5 Å². The average molecular weight is 470 g/mol. The van der Waals surface area contributed by atoms with Crippen LogP contribution in [0.15, 0.2) is 53.1 Å². The summed E-state index contributed by atoms with van der Waals surface area (Å²) in [7, 11) is 3.65. The minimum Gasteiger partial charge on any atom is -0.444 e. The zero-order chi connectivity index (χ0) is 21.8. The van der Waals surface area contributed by atoms with Gasteiger partial charge in [0.25, 0.3) is 5.91 Å². The Hall–Kier alpha value is -2.80. The van der Waals surface area contributed by atoms with E-state index < -0.39 is 17.2 Å². The molecule has 0 bridgehead atoms. The molecule has 7 heteroatoms. The Balaban J connectivity index is 2.01. The van der Waals surface area contributed by atoms with Gasteiger partial charge in [0.15, 0.2) is 5.54 Å². The molecule has 3 aromatic rings. The Morgan fingerprint density at radius 3 is 2.50 bits per heavy atom. The van der Waals surface area contributed by atoms with E-state index in [1.165, 1.54) is 0 Å². The third kappa shape index (κ3) is 3.08. The van der Waals surface area contributed by atoms with Crippen molar-refractivity contribution in [2.75, 3.05) is 11.9 Å². The van der Waals surface area contributed by atoms with Gasteiger partial charge in [0.05, 0.1) is 0 Å². The van der Waals surface area contributed by atoms with E-state index in [-0.39, 0.29) is 5.91 Å². The number of anilines is 1. The molecule has 2 aromatic carbocycles. The van der Waals surface area contributed by atoms with Crippen LogP contribution in [0.5, 0.6) is 0 Å². The van der Waals surface area contributed by atoms with Crippen molar-refractivity contribution in [2.24, 2.45) is 7.05 Å². The van der Waals surface area contributed by atoms with Crippen molar-refractivity contribution in [3.63, 3.8) is 0 Å². The van der Waals surface area contributed by atoms with Gasteiger partial charge >= 0.3 is 6.09 Å². The van der Waals surface area contributed by atoms with Gasteiger partial charge in [-0.15, -0.1) is 0 Å². The van der Waals surface area contributed by atoms with E-state index >= 15 is 0 Å². The van der Waals surface area contributed by atoms with Crippen molar-refractivity contribution in [3.8, 4) is 0 Å². The van der Waals surface area contributed by atoms with Crippen molar-refractivity contribution >= 4 is 44.5 Å². The van der Waals surface area contributed by atoms with Gasteiger partial charge in [0.2, 0.25) is 0 Å². The second kappa shape index (κ2) is 6.87. The Morgan fingerprint density at radius 1 is 1.10 bits per heavy atom. The summed E-state index contributed by atoms with van der Waals surface area (Å²) in [5, 5.41) is 3.84. The van der Waals surface area contributed by atoms with E-state index in [9.17, 15) is 9.59 Å². The van der Waals surface area contributed by atoms with Crippen LogP contribution in [0.25, 0.3) is 10.9 Å². The first-order chi connectivity index (χ1) is 14.0. The monoisotopic (exact) mass is 469 g/mol. The summed E-state index contributed by atoms with van der Waals surface area (Å²) in [6, 6.07) is 13.5. The number of carbonyl (C=O) groups excluding carboxylic acids is 2. The molecule has 1 atom stereocenters. The van der Waals surface area contributed by atoms with Crippen molar-refractivity contribution in [1.29, 1.82) is 0 Å². The van der Waals surface area contributed by atoms with Gasteiger partial charge < -0.3 is 14.2 Å². The SMILES string of the molecule is CN1C(=O)[C@](NC(=O)OC(C)(C)C)(c2cn(C)c3ccccc23)c2cc(Br)ccc21. The minimum atomic E-state index is -1.41. The molecule has 1 aromatic heterocycles. The van der Waals surface area contributed by atoms with E-state index in [0.717, 1.165) is 21.1 Å². The Labute approximate surface area is 183 Å². The van der Waals surface area contributed by atoms with Crippen LogP contribution in [-0.2, 0) is 22.1 Å². The molecule has 2 heterocycles. The lowest BCUT2D eigenvalue weighted by atomic mass is 9.83. The van der Waals surface area contributed by atoms with Gasteiger partial charge in [-0.3, -0.25) is 10.1 Å². The molecule has 2 amide bonds. The van der Waals surface area contributed by atoms with Crippen LogP contribution >= 0.6 is 15.9 Å². The molecule has 0 spiro atoms. The highest BCUT2D eigenvalue weighted by atomic mass is 79.9. The minimum absolute atomic E-state index is 0.238. The van der Waals surface area contributed by atoms with Gasteiger partial charge in [-0.25, -0.2) is 4.79 Å².